The zero-order valence-electron chi connectivity index (χ0n) is 11.5. The molecule has 0 unspecified atom stereocenters. The Morgan fingerprint density at radius 3 is 2.44 bits per heavy atom. The molecule has 2 nitrogen and oxygen atoms in total. The maximum absolute atomic E-state index is 12.6. The molecule has 4 aliphatic carbocycles. The Bertz CT molecular complexity index is 354. The highest BCUT2D eigenvalue weighted by atomic mass is 35.5. The van der Waals surface area contributed by atoms with E-state index in [2.05, 4.69) is 19.2 Å². The molecule has 4 fully saturated rings. The molecule has 0 spiro atoms. The van der Waals surface area contributed by atoms with Crippen LogP contribution in [0.1, 0.15) is 58.8 Å². The Morgan fingerprint density at radius 2 is 1.94 bits per heavy atom. The van der Waals surface area contributed by atoms with Crippen LogP contribution >= 0.6 is 11.6 Å². The summed E-state index contributed by atoms with van der Waals surface area (Å²) < 4.78 is 0. The van der Waals surface area contributed by atoms with Crippen LogP contribution < -0.4 is 5.32 Å². The molecular weight excluding hydrogens is 246 g/mol. The molecule has 4 saturated carbocycles. The molecule has 102 valence electrons. The summed E-state index contributed by atoms with van der Waals surface area (Å²) in [5, 5.41) is 3.21. The molecule has 1 N–H and O–H groups in total. The van der Waals surface area contributed by atoms with E-state index in [1.54, 1.807) is 0 Å². The maximum Gasteiger partial charge on any atom is 0.226 e. The Balaban J connectivity index is 1.80. The van der Waals surface area contributed by atoms with Crippen LogP contribution in [-0.4, -0.2) is 16.8 Å². The van der Waals surface area contributed by atoms with E-state index in [4.69, 9.17) is 11.6 Å². The van der Waals surface area contributed by atoms with E-state index in [9.17, 15) is 4.79 Å². The van der Waals surface area contributed by atoms with Crippen molar-refractivity contribution in [3.63, 3.8) is 0 Å². The van der Waals surface area contributed by atoms with Crippen LogP contribution in [0.15, 0.2) is 0 Å². The van der Waals surface area contributed by atoms with Gasteiger partial charge >= 0.3 is 0 Å². The van der Waals surface area contributed by atoms with Crippen LogP contribution in [0.5, 0.6) is 0 Å². The van der Waals surface area contributed by atoms with Crippen molar-refractivity contribution in [2.24, 2.45) is 17.3 Å². The Morgan fingerprint density at radius 1 is 1.33 bits per heavy atom. The van der Waals surface area contributed by atoms with Crippen LogP contribution in [0.3, 0.4) is 0 Å². The summed E-state index contributed by atoms with van der Waals surface area (Å²) in [7, 11) is 0. The molecule has 0 aromatic heterocycles. The van der Waals surface area contributed by atoms with Crippen molar-refractivity contribution in [2.75, 3.05) is 0 Å². The van der Waals surface area contributed by atoms with Crippen LogP contribution in [0.2, 0.25) is 0 Å². The van der Waals surface area contributed by atoms with Gasteiger partial charge in [-0.25, -0.2) is 0 Å². The summed E-state index contributed by atoms with van der Waals surface area (Å²) >= 11 is 6.75. The average Bonchev–Trinajstić information content (AvgIpc) is 2.25. The quantitative estimate of drug-likeness (QED) is 0.781. The van der Waals surface area contributed by atoms with Gasteiger partial charge in [-0.3, -0.25) is 4.79 Å². The van der Waals surface area contributed by atoms with Crippen LogP contribution in [0, 0.1) is 17.3 Å². The van der Waals surface area contributed by atoms with Gasteiger partial charge in [0.1, 0.15) is 0 Å². The van der Waals surface area contributed by atoms with E-state index in [0.29, 0.717) is 11.8 Å². The van der Waals surface area contributed by atoms with Crippen molar-refractivity contribution in [3.8, 4) is 0 Å². The first-order chi connectivity index (χ1) is 8.45. The lowest BCUT2D eigenvalue weighted by atomic mass is 9.49. The van der Waals surface area contributed by atoms with Gasteiger partial charge in [0.05, 0.1) is 5.41 Å². The van der Waals surface area contributed by atoms with Crippen molar-refractivity contribution in [2.45, 2.75) is 69.7 Å². The first kappa shape index (κ1) is 12.8. The van der Waals surface area contributed by atoms with Crippen molar-refractivity contribution in [1.29, 1.82) is 0 Å². The lowest BCUT2D eigenvalue weighted by Gasteiger charge is -2.59. The van der Waals surface area contributed by atoms with E-state index < -0.39 is 0 Å². The Kier molecular flexibility index (Phi) is 2.93. The van der Waals surface area contributed by atoms with Gasteiger partial charge in [0.25, 0.3) is 0 Å². The number of nitrogens with one attached hydrogen (secondary N) is 1. The number of halogens is 1. The molecule has 1 amide bonds. The molecule has 0 aliphatic heterocycles. The second kappa shape index (κ2) is 4.13. The number of amides is 1. The highest BCUT2D eigenvalue weighted by Crippen LogP contribution is 2.63. The molecule has 4 rings (SSSR count). The minimum atomic E-state index is -0.130. The third kappa shape index (κ3) is 1.97. The van der Waals surface area contributed by atoms with E-state index in [0.717, 1.165) is 38.5 Å². The Hall–Kier alpha value is -0.240. The lowest BCUT2D eigenvalue weighted by Crippen LogP contribution is -2.59. The molecule has 0 aromatic rings. The molecule has 4 aliphatic rings. The predicted octanol–water partition coefficient (Wildman–Crippen LogP) is 3.48. The highest BCUT2D eigenvalue weighted by Gasteiger charge is 2.60. The second-order valence-corrected chi connectivity index (χ2v) is 7.98. The topological polar surface area (TPSA) is 29.1 Å². The van der Waals surface area contributed by atoms with Crippen LogP contribution in [0.25, 0.3) is 0 Å². The number of hydrogen-bond donors (Lipinski definition) is 1. The monoisotopic (exact) mass is 269 g/mol. The number of alkyl halides is 1. The first-order valence-corrected chi connectivity index (χ1v) is 7.82. The number of carbonyl (C=O) groups is 1. The largest absolute Gasteiger partial charge is 0.353 e. The molecular formula is C15H24ClNO. The lowest BCUT2D eigenvalue weighted by molar-refractivity contribution is -0.145. The fraction of sp³-hybridized carbons (Fsp3) is 0.933. The van der Waals surface area contributed by atoms with Gasteiger partial charge in [-0.1, -0.05) is 6.92 Å². The number of carbonyl (C=O) groups excluding carboxylic acids is 1. The van der Waals surface area contributed by atoms with Gasteiger partial charge < -0.3 is 5.32 Å². The maximum atomic E-state index is 12.6. The van der Waals surface area contributed by atoms with E-state index >= 15 is 0 Å². The number of rotatable bonds is 3. The Labute approximate surface area is 115 Å². The van der Waals surface area contributed by atoms with Crippen molar-refractivity contribution < 1.29 is 4.79 Å². The molecule has 3 heteroatoms. The van der Waals surface area contributed by atoms with Gasteiger partial charge in [-0.2, -0.15) is 0 Å². The summed E-state index contributed by atoms with van der Waals surface area (Å²) in [6.07, 6.45) is 7.68. The van der Waals surface area contributed by atoms with Crippen LogP contribution in [0.4, 0.5) is 0 Å². The van der Waals surface area contributed by atoms with E-state index in [-0.39, 0.29) is 22.2 Å². The molecule has 18 heavy (non-hydrogen) atoms. The molecule has 4 bridgehead atoms. The third-order valence-corrected chi connectivity index (χ3v) is 5.90. The zero-order chi connectivity index (χ0) is 13.0. The third-order valence-electron chi connectivity index (χ3n) is 5.46. The average molecular weight is 270 g/mol. The van der Waals surface area contributed by atoms with E-state index in [1.807, 2.05) is 0 Å². The predicted molar refractivity (Wildman–Crippen MR) is 73.6 cm³/mol. The fourth-order valence-electron chi connectivity index (χ4n) is 4.90. The summed E-state index contributed by atoms with van der Waals surface area (Å²) in [6, 6.07) is 0.289. The van der Waals surface area contributed by atoms with Crippen molar-refractivity contribution >= 4 is 17.5 Å². The fourth-order valence-corrected chi connectivity index (χ4v) is 5.59. The summed E-state index contributed by atoms with van der Waals surface area (Å²) in [5.41, 5.74) is -0.130. The van der Waals surface area contributed by atoms with Gasteiger partial charge in [-0.05, 0) is 63.7 Å². The summed E-state index contributed by atoms with van der Waals surface area (Å²) in [5.74, 6) is 1.69. The van der Waals surface area contributed by atoms with Crippen molar-refractivity contribution in [3.05, 3.63) is 0 Å². The molecule has 3 atom stereocenters. The van der Waals surface area contributed by atoms with Crippen LogP contribution in [-0.2, 0) is 4.79 Å². The second-order valence-electron chi connectivity index (χ2n) is 7.18. The molecule has 0 heterocycles. The number of hydrogen-bond acceptors (Lipinski definition) is 1. The summed E-state index contributed by atoms with van der Waals surface area (Å²) in [4.78, 5) is 12.6. The van der Waals surface area contributed by atoms with Gasteiger partial charge in [-0.15, -0.1) is 11.6 Å². The van der Waals surface area contributed by atoms with Gasteiger partial charge in [0, 0.05) is 10.9 Å². The standard InChI is InChI=1S/C15H24ClNO/c1-3-10(2)17-13(18)14-5-11-4-12(6-14)8-15(16,7-11)9-14/h10-12H,3-9H2,1-2H3,(H,17,18)/t10-,11+,12+,14?,15?/m0/s1. The van der Waals surface area contributed by atoms with Gasteiger partial charge in [0.2, 0.25) is 5.91 Å². The minimum absolute atomic E-state index is 0.0587. The smallest absolute Gasteiger partial charge is 0.226 e. The molecule has 0 radical (unpaired) electrons. The molecule has 0 aromatic carbocycles. The first-order valence-electron chi connectivity index (χ1n) is 7.45. The molecule has 0 saturated heterocycles. The minimum Gasteiger partial charge on any atom is -0.353 e. The van der Waals surface area contributed by atoms with Crippen molar-refractivity contribution in [1.82, 2.24) is 5.32 Å². The summed E-state index contributed by atoms with van der Waals surface area (Å²) in [6.45, 7) is 4.21. The van der Waals surface area contributed by atoms with Gasteiger partial charge in [0.15, 0.2) is 0 Å². The van der Waals surface area contributed by atoms with E-state index in [1.165, 1.54) is 6.42 Å². The zero-order valence-corrected chi connectivity index (χ0v) is 12.2. The SMILES string of the molecule is CC[C@H](C)NC(=O)C12C[C@H]3C[C@@H](CC(Cl)(C3)C1)C2. The highest BCUT2D eigenvalue weighted by molar-refractivity contribution is 6.24. The normalized spacial score (nSPS) is 47.1.